The topological polar surface area (TPSA) is 77.1 Å². The molecule has 2 fully saturated rings. The molecular formula is C21H24N2O5S. The molecular weight excluding hydrogens is 392 g/mol. The number of rotatable bonds is 5. The van der Waals surface area contributed by atoms with Crippen molar-refractivity contribution in [3.05, 3.63) is 41.3 Å². The first-order valence-corrected chi connectivity index (χ1v) is 10.5. The Hall–Kier alpha value is -2.26. The van der Waals surface area contributed by atoms with Gasteiger partial charge in [-0.3, -0.25) is 9.69 Å². The lowest BCUT2D eigenvalue weighted by Gasteiger charge is -2.37. The van der Waals surface area contributed by atoms with Crippen LogP contribution in [0.15, 0.2) is 35.7 Å². The van der Waals surface area contributed by atoms with E-state index in [-0.39, 0.29) is 12.5 Å². The maximum absolute atomic E-state index is 12.6. The van der Waals surface area contributed by atoms with Crippen LogP contribution in [0.4, 0.5) is 5.00 Å². The highest BCUT2D eigenvalue weighted by Gasteiger charge is 2.40. The minimum Gasteiger partial charge on any atom is -0.465 e. The zero-order valence-electron chi connectivity index (χ0n) is 16.3. The van der Waals surface area contributed by atoms with E-state index in [9.17, 15) is 9.59 Å². The van der Waals surface area contributed by atoms with Gasteiger partial charge >= 0.3 is 5.97 Å². The molecule has 7 nitrogen and oxygen atoms in total. The number of methoxy groups -OCH3 is 1. The van der Waals surface area contributed by atoms with Crippen molar-refractivity contribution in [2.24, 2.45) is 0 Å². The molecule has 1 amide bonds. The van der Waals surface area contributed by atoms with Crippen molar-refractivity contribution in [1.29, 1.82) is 0 Å². The third-order valence-corrected chi connectivity index (χ3v) is 6.21. The molecule has 0 radical (unpaired) electrons. The zero-order chi connectivity index (χ0) is 20.3. The van der Waals surface area contributed by atoms with Crippen LogP contribution in [0.25, 0.3) is 11.1 Å². The Bertz CT molecular complexity index is 866. The van der Waals surface area contributed by atoms with E-state index in [1.54, 1.807) is 0 Å². The second kappa shape index (κ2) is 8.62. The summed E-state index contributed by atoms with van der Waals surface area (Å²) >= 11 is 1.33. The van der Waals surface area contributed by atoms with Gasteiger partial charge in [0.15, 0.2) is 5.79 Å². The minimum atomic E-state index is -0.462. The number of anilines is 1. The van der Waals surface area contributed by atoms with Crippen molar-refractivity contribution in [2.75, 3.05) is 45.3 Å². The SMILES string of the molecule is COC(=O)c1c(-c2ccccc2)csc1NC(=O)CN1CCC2(CC1)OCCO2. The molecule has 2 aromatic rings. The van der Waals surface area contributed by atoms with Gasteiger partial charge in [0.05, 0.1) is 26.9 Å². The molecule has 2 saturated heterocycles. The first kappa shape index (κ1) is 20.0. The van der Waals surface area contributed by atoms with E-state index in [2.05, 4.69) is 10.2 Å². The van der Waals surface area contributed by atoms with Gasteiger partial charge in [0.2, 0.25) is 5.91 Å². The molecule has 0 atom stereocenters. The molecule has 29 heavy (non-hydrogen) atoms. The Morgan fingerprint density at radius 3 is 2.52 bits per heavy atom. The molecule has 0 unspecified atom stereocenters. The highest BCUT2D eigenvalue weighted by molar-refractivity contribution is 7.15. The van der Waals surface area contributed by atoms with Crippen LogP contribution < -0.4 is 5.32 Å². The molecule has 4 rings (SSSR count). The van der Waals surface area contributed by atoms with Gasteiger partial charge in [0.1, 0.15) is 10.6 Å². The number of esters is 1. The number of carbonyl (C=O) groups excluding carboxylic acids is 2. The summed E-state index contributed by atoms with van der Waals surface area (Å²) < 4.78 is 16.4. The lowest BCUT2D eigenvalue weighted by molar-refractivity contribution is -0.185. The Labute approximate surface area is 173 Å². The Morgan fingerprint density at radius 2 is 1.86 bits per heavy atom. The quantitative estimate of drug-likeness (QED) is 0.755. The molecule has 1 spiro atoms. The fraction of sp³-hybridized carbons (Fsp3) is 0.429. The number of carbonyl (C=O) groups is 2. The Balaban J connectivity index is 1.43. The minimum absolute atomic E-state index is 0.152. The second-order valence-electron chi connectivity index (χ2n) is 7.14. The molecule has 1 aromatic heterocycles. The summed E-state index contributed by atoms with van der Waals surface area (Å²) in [5.74, 6) is -1.07. The third-order valence-electron chi connectivity index (χ3n) is 5.32. The van der Waals surface area contributed by atoms with Crippen LogP contribution in [0.1, 0.15) is 23.2 Å². The van der Waals surface area contributed by atoms with Crippen molar-refractivity contribution in [1.82, 2.24) is 4.90 Å². The van der Waals surface area contributed by atoms with Gasteiger partial charge in [-0.05, 0) is 5.56 Å². The average molecular weight is 416 g/mol. The highest BCUT2D eigenvalue weighted by Crippen LogP contribution is 2.36. The summed E-state index contributed by atoms with van der Waals surface area (Å²) in [6, 6.07) is 9.59. The summed E-state index contributed by atoms with van der Waals surface area (Å²) in [6.07, 6.45) is 1.51. The van der Waals surface area contributed by atoms with Gasteiger partial charge in [0.25, 0.3) is 0 Å². The number of piperidine rings is 1. The lowest BCUT2D eigenvalue weighted by atomic mass is 10.0. The van der Waals surface area contributed by atoms with Gasteiger partial charge in [-0.25, -0.2) is 4.79 Å². The van der Waals surface area contributed by atoms with E-state index in [0.29, 0.717) is 23.8 Å². The first-order valence-electron chi connectivity index (χ1n) is 9.65. The van der Waals surface area contributed by atoms with E-state index in [1.165, 1.54) is 18.4 Å². The van der Waals surface area contributed by atoms with Crippen LogP contribution in [0.3, 0.4) is 0 Å². The van der Waals surface area contributed by atoms with Gasteiger partial charge in [-0.1, -0.05) is 30.3 Å². The van der Waals surface area contributed by atoms with Crippen LogP contribution >= 0.6 is 11.3 Å². The van der Waals surface area contributed by atoms with Crippen molar-refractivity contribution >= 4 is 28.2 Å². The number of ether oxygens (including phenoxy) is 3. The number of nitrogens with zero attached hydrogens (tertiary/aromatic N) is 1. The van der Waals surface area contributed by atoms with Gasteiger partial charge in [-0.15, -0.1) is 11.3 Å². The molecule has 2 aliphatic rings. The van der Waals surface area contributed by atoms with Gasteiger partial charge in [0, 0.05) is 36.9 Å². The number of amides is 1. The normalized spacial score (nSPS) is 18.7. The van der Waals surface area contributed by atoms with Crippen LogP contribution in [-0.2, 0) is 19.0 Å². The monoisotopic (exact) mass is 416 g/mol. The second-order valence-corrected chi connectivity index (χ2v) is 8.02. The Kier molecular flexibility index (Phi) is 5.96. The lowest BCUT2D eigenvalue weighted by Crippen LogP contribution is -2.47. The molecule has 0 bridgehead atoms. The van der Waals surface area contributed by atoms with Crippen LogP contribution in [0.2, 0.25) is 0 Å². The molecule has 3 heterocycles. The first-order chi connectivity index (χ1) is 14.1. The number of benzene rings is 1. The smallest absolute Gasteiger partial charge is 0.341 e. The van der Waals surface area contributed by atoms with Crippen LogP contribution in [0, 0.1) is 0 Å². The predicted octanol–water partition coefficient (Wildman–Crippen LogP) is 2.98. The standard InChI is InChI=1S/C21H24N2O5S/c1-26-20(25)18-16(15-5-3-2-4-6-15)14-29-19(18)22-17(24)13-23-9-7-21(8-10-23)27-11-12-28-21/h2-6,14H,7-13H2,1H3,(H,22,24). The zero-order valence-corrected chi connectivity index (χ0v) is 17.1. The largest absolute Gasteiger partial charge is 0.465 e. The molecule has 1 N–H and O–H groups in total. The van der Waals surface area contributed by atoms with Crippen LogP contribution in [-0.4, -0.2) is 62.5 Å². The fourth-order valence-electron chi connectivity index (χ4n) is 3.79. The Morgan fingerprint density at radius 1 is 1.17 bits per heavy atom. The summed E-state index contributed by atoms with van der Waals surface area (Å²) in [6.45, 7) is 3.00. The molecule has 154 valence electrons. The van der Waals surface area contributed by atoms with Gasteiger partial charge in [-0.2, -0.15) is 0 Å². The molecule has 0 aliphatic carbocycles. The van der Waals surface area contributed by atoms with Gasteiger partial charge < -0.3 is 19.5 Å². The van der Waals surface area contributed by atoms with Crippen molar-refractivity contribution < 1.29 is 23.8 Å². The number of likely N-dealkylation sites (tertiary alicyclic amines) is 1. The van der Waals surface area contributed by atoms with E-state index in [1.807, 2.05) is 35.7 Å². The summed E-state index contributed by atoms with van der Waals surface area (Å²) in [5, 5.41) is 5.28. The number of thiophene rings is 1. The predicted molar refractivity (Wildman–Crippen MR) is 110 cm³/mol. The third kappa shape index (κ3) is 4.35. The maximum Gasteiger partial charge on any atom is 0.341 e. The van der Waals surface area contributed by atoms with Crippen LogP contribution in [0.5, 0.6) is 0 Å². The van der Waals surface area contributed by atoms with Crippen molar-refractivity contribution in [2.45, 2.75) is 18.6 Å². The number of hydrogen-bond donors (Lipinski definition) is 1. The van der Waals surface area contributed by atoms with Crippen molar-refractivity contribution in [3.8, 4) is 11.1 Å². The van der Waals surface area contributed by atoms with E-state index >= 15 is 0 Å². The van der Waals surface area contributed by atoms with Crippen molar-refractivity contribution in [3.63, 3.8) is 0 Å². The summed E-state index contributed by atoms with van der Waals surface area (Å²) in [7, 11) is 1.34. The number of nitrogens with one attached hydrogen (secondary N) is 1. The summed E-state index contributed by atoms with van der Waals surface area (Å²) in [5.41, 5.74) is 2.05. The highest BCUT2D eigenvalue weighted by atomic mass is 32.1. The molecule has 2 aliphatic heterocycles. The summed E-state index contributed by atoms with van der Waals surface area (Å²) in [4.78, 5) is 27.1. The average Bonchev–Trinajstić information content (AvgIpc) is 3.37. The molecule has 1 aromatic carbocycles. The molecule has 0 saturated carbocycles. The van der Waals surface area contributed by atoms with E-state index < -0.39 is 11.8 Å². The number of hydrogen-bond acceptors (Lipinski definition) is 7. The fourth-order valence-corrected chi connectivity index (χ4v) is 4.77. The maximum atomic E-state index is 12.6. The van der Waals surface area contributed by atoms with E-state index in [4.69, 9.17) is 14.2 Å². The van der Waals surface area contributed by atoms with E-state index in [0.717, 1.165) is 37.1 Å². The molecule has 8 heteroatoms.